The van der Waals surface area contributed by atoms with Crippen LogP contribution in [0.15, 0.2) is 48.5 Å². The van der Waals surface area contributed by atoms with Crippen LogP contribution in [0.2, 0.25) is 0 Å². The number of anilines is 1. The molecule has 2 saturated heterocycles. The number of rotatable bonds is 4. The Bertz CT molecular complexity index is 908. The summed E-state index contributed by atoms with van der Waals surface area (Å²) in [5, 5.41) is 2.98. The van der Waals surface area contributed by atoms with Crippen LogP contribution in [0.1, 0.15) is 48.8 Å². The van der Waals surface area contributed by atoms with E-state index in [0.29, 0.717) is 23.9 Å². The van der Waals surface area contributed by atoms with Crippen molar-refractivity contribution in [2.24, 2.45) is 11.8 Å². The Labute approximate surface area is 186 Å². The summed E-state index contributed by atoms with van der Waals surface area (Å²) >= 11 is 0. The molecule has 2 aromatic rings. The van der Waals surface area contributed by atoms with Crippen molar-refractivity contribution >= 4 is 11.8 Å². The fourth-order valence-electron chi connectivity index (χ4n) is 6.52. The fourth-order valence-corrected chi connectivity index (χ4v) is 6.52. The van der Waals surface area contributed by atoms with Crippen LogP contribution in [0.3, 0.4) is 0 Å². The number of piperidine rings is 2. The van der Waals surface area contributed by atoms with E-state index in [2.05, 4.69) is 46.6 Å². The Hall–Kier alpha value is -2.33. The third kappa shape index (κ3) is 4.36. The molecule has 0 aromatic heterocycles. The minimum atomic E-state index is -0.301. The highest BCUT2D eigenvalue weighted by Gasteiger charge is 2.52. The quantitative estimate of drug-likeness (QED) is 0.690. The minimum Gasteiger partial charge on any atom is -0.446 e. The van der Waals surface area contributed by atoms with E-state index in [0.717, 1.165) is 29.7 Å². The summed E-state index contributed by atoms with van der Waals surface area (Å²) in [5.41, 5.74) is 4.54. The maximum atomic E-state index is 12.8. The lowest BCUT2D eigenvalue weighted by molar-refractivity contribution is -0.0144. The average Bonchev–Trinajstić information content (AvgIpc) is 3.10. The lowest BCUT2D eigenvalue weighted by Gasteiger charge is -2.49. The van der Waals surface area contributed by atoms with E-state index >= 15 is 0 Å². The smallest absolute Gasteiger partial charge is 0.411 e. The van der Waals surface area contributed by atoms with Gasteiger partial charge in [-0.05, 0) is 87.2 Å². The van der Waals surface area contributed by atoms with Crippen molar-refractivity contribution < 1.29 is 9.53 Å². The molecule has 1 saturated carbocycles. The van der Waals surface area contributed by atoms with Crippen LogP contribution in [0.5, 0.6) is 0 Å². The zero-order chi connectivity index (χ0) is 21.4. The van der Waals surface area contributed by atoms with Gasteiger partial charge in [0.2, 0.25) is 0 Å². The molecule has 5 rings (SSSR count). The lowest BCUT2D eigenvalue weighted by atomic mass is 9.79. The highest BCUT2D eigenvalue weighted by molar-refractivity contribution is 5.85. The maximum absolute atomic E-state index is 12.8. The summed E-state index contributed by atoms with van der Waals surface area (Å²) in [6.45, 7) is 5.29. The molecule has 4 heteroatoms. The summed E-state index contributed by atoms with van der Waals surface area (Å²) in [7, 11) is 0. The number of carbonyl (C=O) groups excluding carboxylic acids is 1. The Morgan fingerprint density at radius 1 is 1.06 bits per heavy atom. The van der Waals surface area contributed by atoms with Crippen LogP contribution in [0.4, 0.5) is 10.5 Å². The van der Waals surface area contributed by atoms with Crippen LogP contribution in [-0.2, 0) is 11.2 Å². The van der Waals surface area contributed by atoms with Crippen molar-refractivity contribution in [3.05, 3.63) is 65.2 Å². The second-order valence-corrected chi connectivity index (χ2v) is 9.90. The summed E-state index contributed by atoms with van der Waals surface area (Å²) in [6.07, 6.45) is 6.85. The standard InChI is InChI=1S/C27H34N2O2/c1-18-12-19(2)14-22(13-18)28-27(30)31-26-17-21-16-23(26)24-10-6-7-11-29(24)25(21)15-20-8-4-3-5-9-20/h3-5,8-9,12-14,21,23-26H,6-7,10-11,15-17H2,1-2H3,(H,28,30)/t21?,23?,24-,25+,26?/m1/s1. The lowest BCUT2D eigenvalue weighted by Crippen LogP contribution is -2.55. The second-order valence-electron chi connectivity index (χ2n) is 9.90. The van der Waals surface area contributed by atoms with E-state index in [1.165, 1.54) is 37.8 Å². The summed E-state index contributed by atoms with van der Waals surface area (Å²) < 4.78 is 6.08. The maximum Gasteiger partial charge on any atom is 0.411 e. The fraction of sp³-hybridized carbons (Fsp3) is 0.519. The van der Waals surface area contributed by atoms with Crippen molar-refractivity contribution in [1.82, 2.24) is 4.90 Å². The summed E-state index contributed by atoms with van der Waals surface area (Å²) in [6, 6.07) is 18.1. The minimum absolute atomic E-state index is 0.0299. The molecular formula is C27H34N2O2. The van der Waals surface area contributed by atoms with Crippen LogP contribution >= 0.6 is 0 Å². The summed E-state index contributed by atoms with van der Waals surface area (Å²) in [5.74, 6) is 1.08. The van der Waals surface area contributed by atoms with Crippen molar-refractivity contribution in [2.75, 3.05) is 11.9 Å². The first-order valence-electron chi connectivity index (χ1n) is 11.9. The van der Waals surface area contributed by atoms with E-state index in [9.17, 15) is 4.79 Å². The molecule has 2 bridgehead atoms. The molecule has 0 spiro atoms. The highest BCUT2D eigenvalue weighted by atomic mass is 16.6. The molecule has 1 N–H and O–H groups in total. The molecular weight excluding hydrogens is 384 g/mol. The number of nitrogens with one attached hydrogen (secondary N) is 1. The largest absolute Gasteiger partial charge is 0.446 e. The second kappa shape index (κ2) is 8.66. The van der Waals surface area contributed by atoms with Crippen molar-refractivity contribution in [3.63, 3.8) is 0 Å². The predicted octanol–water partition coefficient (Wildman–Crippen LogP) is 5.73. The zero-order valence-corrected chi connectivity index (χ0v) is 18.7. The number of amides is 1. The zero-order valence-electron chi connectivity index (χ0n) is 18.7. The number of hydrogen-bond acceptors (Lipinski definition) is 3. The highest BCUT2D eigenvalue weighted by Crippen LogP contribution is 2.49. The molecule has 2 aliphatic heterocycles. The van der Waals surface area contributed by atoms with E-state index in [-0.39, 0.29) is 12.2 Å². The molecule has 2 aromatic carbocycles. The van der Waals surface area contributed by atoms with Crippen LogP contribution in [-0.4, -0.2) is 35.7 Å². The van der Waals surface area contributed by atoms with Gasteiger partial charge in [-0.15, -0.1) is 0 Å². The first-order chi connectivity index (χ1) is 15.1. The third-order valence-electron chi connectivity index (χ3n) is 7.66. The number of fused-ring (bicyclic) bond motifs is 4. The van der Waals surface area contributed by atoms with Gasteiger partial charge >= 0.3 is 6.09 Å². The SMILES string of the molecule is Cc1cc(C)cc(NC(=O)OC2CC3CC2[C@H]2CCCCN2[C@H]3Cc2ccccc2)c1. The van der Waals surface area contributed by atoms with Gasteiger partial charge in [0.05, 0.1) is 0 Å². The van der Waals surface area contributed by atoms with Crippen LogP contribution in [0.25, 0.3) is 0 Å². The molecule has 3 aliphatic rings. The van der Waals surface area contributed by atoms with Gasteiger partial charge in [-0.1, -0.05) is 42.8 Å². The van der Waals surface area contributed by atoms with Crippen LogP contribution in [0, 0.1) is 25.7 Å². The van der Waals surface area contributed by atoms with Crippen molar-refractivity contribution in [1.29, 1.82) is 0 Å². The third-order valence-corrected chi connectivity index (χ3v) is 7.66. The van der Waals surface area contributed by atoms with Gasteiger partial charge in [0.25, 0.3) is 0 Å². The Balaban J connectivity index is 1.30. The monoisotopic (exact) mass is 418 g/mol. The van der Waals surface area contributed by atoms with E-state index < -0.39 is 0 Å². The first kappa shape index (κ1) is 20.6. The van der Waals surface area contributed by atoms with Gasteiger partial charge in [0, 0.05) is 23.7 Å². The van der Waals surface area contributed by atoms with E-state index in [4.69, 9.17) is 4.74 Å². The molecule has 4 nitrogen and oxygen atoms in total. The number of nitrogens with zero attached hydrogens (tertiary/aromatic N) is 1. The predicted molar refractivity (Wildman–Crippen MR) is 124 cm³/mol. The average molecular weight is 419 g/mol. The molecule has 0 radical (unpaired) electrons. The Kier molecular flexibility index (Phi) is 5.75. The van der Waals surface area contributed by atoms with Gasteiger partial charge < -0.3 is 4.74 Å². The number of hydrogen-bond donors (Lipinski definition) is 1. The van der Waals surface area contributed by atoms with Crippen molar-refractivity contribution in [2.45, 2.75) is 70.6 Å². The van der Waals surface area contributed by atoms with Gasteiger partial charge in [0.1, 0.15) is 6.10 Å². The van der Waals surface area contributed by atoms with Crippen LogP contribution < -0.4 is 5.32 Å². The number of ether oxygens (including phenoxy) is 1. The molecule has 2 heterocycles. The molecule has 3 fully saturated rings. The molecule has 1 aliphatic carbocycles. The number of benzene rings is 2. The molecule has 164 valence electrons. The topological polar surface area (TPSA) is 41.6 Å². The Morgan fingerprint density at radius 2 is 1.84 bits per heavy atom. The van der Waals surface area contributed by atoms with E-state index in [1.54, 1.807) is 0 Å². The van der Waals surface area contributed by atoms with Crippen molar-refractivity contribution in [3.8, 4) is 0 Å². The van der Waals surface area contributed by atoms with Gasteiger partial charge in [-0.3, -0.25) is 10.2 Å². The first-order valence-corrected chi connectivity index (χ1v) is 11.9. The summed E-state index contributed by atoms with van der Waals surface area (Å²) in [4.78, 5) is 15.5. The molecule has 31 heavy (non-hydrogen) atoms. The number of carbonyl (C=O) groups is 1. The molecule has 3 unspecified atom stereocenters. The van der Waals surface area contributed by atoms with E-state index in [1.807, 2.05) is 26.0 Å². The van der Waals surface area contributed by atoms with Gasteiger partial charge in [-0.25, -0.2) is 4.79 Å². The number of aryl methyl sites for hydroxylation is 2. The molecule has 1 amide bonds. The normalized spacial score (nSPS) is 29.9. The van der Waals surface area contributed by atoms with Gasteiger partial charge in [-0.2, -0.15) is 0 Å². The Morgan fingerprint density at radius 3 is 2.61 bits per heavy atom. The molecule has 5 atom stereocenters. The van der Waals surface area contributed by atoms with Gasteiger partial charge in [0.15, 0.2) is 0 Å².